The van der Waals surface area contributed by atoms with Gasteiger partial charge in [-0.2, -0.15) is 0 Å². The largest absolute Gasteiger partial charge is 0.478 e. The molecule has 3 N–H and O–H groups in total. The predicted molar refractivity (Wildman–Crippen MR) is 76.4 cm³/mol. The highest BCUT2D eigenvalue weighted by atomic mass is 32.2. The fourth-order valence-electron chi connectivity index (χ4n) is 2.06. The molecular formula is C13H15FN2O4S. The Labute approximate surface area is 123 Å². The van der Waals surface area contributed by atoms with Gasteiger partial charge in [0.2, 0.25) is 0 Å². The molecule has 1 heterocycles. The summed E-state index contributed by atoms with van der Waals surface area (Å²) in [5.74, 6) is -1.15. The van der Waals surface area contributed by atoms with E-state index in [9.17, 15) is 18.2 Å². The van der Waals surface area contributed by atoms with Gasteiger partial charge >= 0.3 is 12.0 Å². The predicted octanol–water partition coefficient (Wildman–Crippen LogP) is 1.56. The van der Waals surface area contributed by atoms with Gasteiger partial charge < -0.3 is 15.7 Å². The summed E-state index contributed by atoms with van der Waals surface area (Å²) < 4.78 is 24.7. The maximum Gasteiger partial charge on any atom is 0.338 e. The van der Waals surface area contributed by atoms with Gasteiger partial charge in [0.1, 0.15) is 5.82 Å². The standard InChI is InChI=1S/C13H15FN2O4S/c14-11-7-9(1-2-10(11)12(17)18)16-13(19)15-8-3-5-21(20)6-4-8/h1-2,7-8H,3-6H2,(H,17,18)(H2,15,16,19). The lowest BCUT2D eigenvalue weighted by atomic mass is 10.1. The van der Waals surface area contributed by atoms with Gasteiger partial charge in [-0.15, -0.1) is 0 Å². The summed E-state index contributed by atoms with van der Waals surface area (Å²) >= 11 is 0. The van der Waals surface area contributed by atoms with Crippen LogP contribution in [0.1, 0.15) is 23.2 Å². The Bertz CT molecular complexity index is 584. The Morgan fingerprint density at radius 2 is 1.95 bits per heavy atom. The maximum absolute atomic E-state index is 13.5. The van der Waals surface area contributed by atoms with Crippen molar-refractivity contribution in [2.75, 3.05) is 16.8 Å². The van der Waals surface area contributed by atoms with Crippen LogP contribution in [-0.4, -0.2) is 38.9 Å². The number of rotatable bonds is 3. The highest BCUT2D eigenvalue weighted by Crippen LogP contribution is 2.15. The lowest BCUT2D eigenvalue weighted by molar-refractivity contribution is 0.0692. The molecule has 1 fully saturated rings. The van der Waals surface area contributed by atoms with Gasteiger partial charge in [-0.05, 0) is 31.0 Å². The van der Waals surface area contributed by atoms with Gasteiger partial charge in [-0.1, -0.05) is 0 Å². The molecule has 0 spiro atoms. The number of benzene rings is 1. The maximum atomic E-state index is 13.5. The van der Waals surface area contributed by atoms with Crippen LogP contribution in [0.25, 0.3) is 0 Å². The second-order valence-electron chi connectivity index (χ2n) is 4.72. The summed E-state index contributed by atoms with van der Waals surface area (Å²) in [5.41, 5.74) is -0.273. The fourth-order valence-corrected chi connectivity index (χ4v) is 3.36. The number of urea groups is 1. The van der Waals surface area contributed by atoms with E-state index >= 15 is 0 Å². The van der Waals surface area contributed by atoms with E-state index in [-0.39, 0.29) is 11.7 Å². The van der Waals surface area contributed by atoms with Crippen LogP contribution >= 0.6 is 0 Å². The van der Waals surface area contributed by atoms with E-state index < -0.39 is 34.2 Å². The third-order valence-electron chi connectivity index (χ3n) is 3.18. The van der Waals surface area contributed by atoms with Gasteiger partial charge in [0.25, 0.3) is 0 Å². The minimum absolute atomic E-state index is 0.0501. The van der Waals surface area contributed by atoms with Crippen molar-refractivity contribution in [1.82, 2.24) is 5.32 Å². The van der Waals surface area contributed by atoms with Crippen molar-refractivity contribution in [3.8, 4) is 0 Å². The van der Waals surface area contributed by atoms with E-state index in [0.717, 1.165) is 12.1 Å². The molecule has 2 amide bonds. The molecule has 2 rings (SSSR count). The molecule has 0 radical (unpaired) electrons. The number of amides is 2. The number of nitrogens with one attached hydrogen (secondary N) is 2. The van der Waals surface area contributed by atoms with E-state index in [1.54, 1.807) is 0 Å². The zero-order valence-corrected chi connectivity index (χ0v) is 11.9. The van der Waals surface area contributed by atoms with E-state index in [2.05, 4.69) is 10.6 Å². The van der Waals surface area contributed by atoms with Crippen LogP contribution in [0, 0.1) is 5.82 Å². The van der Waals surface area contributed by atoms with Crippen molar-refractivity contribution in [3.05, 3.63) is 29.6 Å². The Morgan fingerprint density at radius 3 is 2.52 bits per heavy atom. The Balaban J connectivity index is 1.92. The monoisotopic (exact) mass is 314 g/mol. The number of aromatic carboxylic acids is 1. The molecular weight excluding hydrogens is 299 g/mol. The van der Waals surface area contributed by atoms with E-state index in [1.165, 1.54) is 6.07 Å². The van der Waals surface area contributed by atoms with Crippen molar-refractivity contribution in [1.29, 1.82) is 0 Å². The van der Waals surface area contributed by atoms with Crippen molar-refractivity contribution in [2.45, 2.75) is 18.9 Å². The number of halogens is 1. The summed E-state index contributed by atoms with van der Waals surface area (Å²) in [7, 11) is -0.801. The lowest BCUT2D eigenvalue weighted by Gasteiger charge is -2.22. The lowest BCUT2D eigenvalue weighted by Crippen LogP contribution is -2.41. The Morgan fingerprint density at radius 1 is 1.29 bits per heavy atom. The fraction of sp³-hybridized carbons (Fsp3) is 0.385. The van der Waals surface area contributed by atoms with Crippen molar-refractivity contribution in [2.24, 2.45) is 0 Å². The van der Waals surface area contributed by atoms with Gasteiger partial charge in [-0.25, -0.2) is 14.0 Å². The smallest absolute Gasteiger partial charge is 0.338 e. The molecule has 1 saturated heterocycles. The molecule has 0 bridgehead atoms. The Hall–Kier alpha value is -1.96. The van der Waals surface area contributed by atoms with Gasteiger partial charge in [-0.3, -0.25) is 4.21 Å². The van der Waals surface area contributed by atoms with Crippen LogP contribution in [0.5, 0.6) is 0 Å². The number of anilines is 1. The topological polar surface area (TPSA) is 95.5 Å². The van der Waals surface area contributed by atoms with E-state index in [1.807, 2.05) is 0 Å². The second-order valence-corrected chi connectivity index (χ2v) is 6.42. The first-order valence-corrected chi connectivity index (χ1v) is 7.90. The van der Waals surface area contributed by atoms with Crippen molar-refractivity contribution in [3.63, 3.8) is 0 Å². The van der Waals surface area contributed by atoms with Gasteiger partial charge in [0.15, 0.2) is 0 Å². The number of hydrogen-bond acceptors (Lipinski definition) is 3. The van der Waals surface area contributed by atoms with Crippen LogP contribution in [-0.2, 0) is 10.8 Å². The van der Waals surface area contributed by atoms with Gasteiger partial charge in [0, 0.05) is 34.0 Å². The number of carbonyl (C=O) groups excluding carboxylic acids is 1. The molecule has 114 valence electrons. The second kappa shape index (κ2) is 6.66. The average Bonchev–Trinajstić information content (AvgIpc) is 2.41. The molecule has 21 heavy (non-hydrogen) atoms. The van der Waals surface area contributed by atoms with Gasteiger partial charge in [0.05, 0.1) is 5.56 Å². The molecule has 1 aromatic rings. The van der Waals surface area contributed by atoms with Crippen LogP contribution < -0.4 is 10.6 Å². The molecule has 6 nitrogen and oxygen atoms in total. The summed E-state index contributed by atoms with van der Waals surface area (Å²) in [6.45, 7) is 0. The van der Waals surface area contributed by atoms with Crippen LogP contribution in [0.15, 0.2) is 18.2 Å². The molecule has 1 aliphatic heterocycles. The van der Waals surface area contributed by atoms with Crippen molar-refractivity contribution >= 4 is 28.5 Å². The molecule has 1 aromatic carbocycles. The summed E-state index contributed by atoms with van der Waals surface area (Å²) in [5, 5.41) is 13.9. The van der Waals surface area contributed by atoms with Crippen LogP contribution in [0.4, 0.5) is 14.9 Å². The first-order chi connectivity index (χ1) is 9.95. The first kappa shape index (κ1) is 15.4. The van der Waals surface area contributed by atoms with E-state index in [4.69, 9.17) is 5.11 Å². The number of carboxylic acids is 1. The highest BCUT2D eigenvalue weighted by molar-refractivity contribution is 7.85. The van der Waals surface area contributed by atoms with Crippen LogP contribution in [0.3, 0.4) is 0 Å². The average molecular weight is 314 g/mol. The number of carbonyl (C=O) groups is 2. The normalized spacial score (nSPS) is 21.6. The minimum Gasteiger partial charge on any atom is -0.478 e. The quantitative estimate of drug-likeness (QED) is 0.789. The third kappa shape index (κ3) is 4.25. The summed E-state index contributed by atoms with van der Waals surface area (Å²) in [6, 6.07) is 2.83. The molecule has 8 heteroatoms. The molecule has 0 atom stereocenters. The summed E-state index contributed by atoms with van der Waals surface area (Å²) in [4.78, 5) is 22.4. The summed E-state index contributed by atoms with van der Waals surface area (Å²) in [6.07, 6.45) is 1.29. The number of hydrogen-bond donors (Lipinski definition) is 3. The zero-order chi connectivity index (χ0) is 15.4. The first-order valence-electron chi connectivity index (χ1n) is 6.41. The van der Waals surface area contributed by atoms with Crippen LogP contribution in [0.2, 0.25) is 0 Å². The SMILES string of the molecule is O=C(Nc1ccc(C(=O)O)c(F)c1)NC1CCS(=O)CC1. The molecule has 0 saturated carbocycles. The number of carboxylic acid groups (broad SMARTS) is 1. The molecule has 1 aliphatic rings. The van der Waals surface area contributed by atoms with Crippen molar-refractivity contribution < 1.29 is 23.3 Å². The molecule has 0 aliphatic carbocycles. The van der Waals surface area contributed by atoms with E-state index in [0.29, 0.717) is 24.3 Å². The zero-order valence-electron chi connectivity index (χ0n) is 11.1. The highest BCUT2D eigenvalue weighted by Gasteiger charge is 2.19. The molecule has 0 aromatic heterocycles. The minimum atomic E-state index is -1.36. The Kier molecular flexibility index (Phi) is 4.89. The molecule has 0 unspecified atom stereocenters. The third-order valence-corrected chi connectivity index (χ3v) is 4.56.